The van der Waals surface area contributed by atoms with Crippen molar-refractivity contribution in [1.82, 2.24) is 5.01 Å². The van der Waals surface area contributed by atoms with Crippen molar-refractivity contribution >= 4 is 28.3 Å². The van der Waals surface area contributed by atoms with Crippen molar-refractivity contribution in [3.05, 3.63) is 59.7 Å². The molecule has 0 spiro atoms. The standard InChI is InChI=1S/C19H18F3N3O2S/c1-13-2-4-14(5-3-13)17-12-28-18(25(24-17)10-11-26)23-15-6-8-16(9-7-15)27-19(20,21)22/h2-9,26H,10-12H2,1H3. The van der Waals surface area contributed by atoms with Crippen LogP contribution in [0.2, 0.25) is 0 Å². The molecule has 0 amide bonds. The molecule has 3 rings (SSSR count). The van der Waals surface area contributed by atoms with Crippen LogP contribution < -0.4 is 4.74 Å². The number of halogens is 3. The number of hydrogen-bond donors (Lipinski definition) is 1. The van der Waals surface area contributed by atoms with Crippen LogP contribution in [-0.4, -0.2) is 46.3 Å². The summed E-state index contributed by atoms with van der Waals surface area (Å²) in [6.45, 7) is 2.16. The molecule has 1 aliphatic heterocycles. The average Bonchev–Trinajstić information content (AvgIpc) is 2.64. The Labute approximate surface area is 164 Å². The van der Waals surface area contributed by atoms with Crippen LogP contribution in [0.4, 0.5) is 18.9 Å². The number of nitrogens with zero attached hydrogens (tertiary/aromatic N) is 3. The minimum Gasteiger partial charge on any atom is -0.406 e. The van der Waals surface area contributed by atoms with E-state index in [1.54, 1.807) is 5.01 Å². The third-order valence-corrected chi connectivity index (χ3v) is 4.77. The maximum absolute atomic E-state index is 12.3. The van der Waals surface area contributed by atoms with Gasteiger partial charge in [-0.25, -0.2) is 10.0 Å². The van der Waals surface area contributed by atoms with E-state index in [1.807, 2.05) is 31.2 Å². The van der Waals surface area contributed by atoms with E-state index in [0.29, 0.717) is 16.6 Å². The molecule has 5 nitrogen and oxygen atoms in total. The van der Waals surface area contributed by atoms with Gasteiger partial charge in [-0.3, -0.25) is 0 Å². The van der Waals surface area contributed by atoms with Gasteiger partial charge in [0, 0.05) is 5.75 Å². The molecule has 1 heterocycles. The summed E-state index contributed by atoms with van der Waals surface area (Å²) in [5.41, 5.74) is 3.48. The van der Waals surface area contributed by atoms with Crippen LogP contribution in [-0.2, 0) is 0 Å². The molecule has 0 saturated heterocycles. The van der Waals surface area contributed by atoms with Crippen molar-refractivity contribution < 1.29 is 23.0 Å². The molecule has 0 aliphatic carbocycles. The first-order valence-electron chi connectivity index (χ1n) is 8.44. The van der Waals surface area contributed by atoms with Gasteiger partial charge in [-0.1, -0.05) is 41.6 Å². The summed E-state index contributed by atoms with van der Waals surface area (Å²) < 4.78 is 40.6. The number of aliphatic imine (C=N–C) groups is 1. The minimum absolute atomic E-state index is 0.109. The molecule has 0 unspecified atom stereocenters. The molecule has 0 bridgehead atoms. The Bertz CT molecular complexity index is 865. The molecule has 0 atom stereocenters. The summed E-state index contributed by atoms with van der Waals surface area (Å²) >= 11 is 1.45. The zero-order valence-corrected chi connectivity index (χ0v) is 15.8. The maximum atomic E-state index is 12.3. The fraction of sp³-hybridized carbons (Fsp3) is 0.263. The van der Waals surface area contributed by atoms with E-state index >= 15 is 0 Å². The van der Waals surface area contributed by atoms with Gasteiger partial charge < -0.3 is 9.84 Å². The van der Waals surface area contributed by atoms with E-state index < -0.39 is 6.36 Å². The number of alkyl halides is 3. The van der Waals surface area contributed by atoms with Gasteiger partial charge in [0.1, 0.15) is 5.75 Å². The number of aliphatic hydroxyl groups is 1. The fourth-order valence-corrected chi connectivity index (χ4v) is 3.42. The molecule has 0 fully saturated rings. The van der Waals surface area contributed by atoms with E-state index in [1.165, 1.54) is 36.0 Å². The zero-order chi connectivity index (χ0) is 20.1. The smallest absolute Gasteiger partial charge is 0.406 e. The Morgan fingerprint density at radius 3 is 2.43 bits per heavy atom. The fourth-order valence-electron chi connectivity index (χ4n) is 2.47. The Balaban J connectivity index is 1.80. The second-order valence-corrected chi connectivity index (χ2v) is 6.93. The SMILES string of the molecule is Cc1ccc(C2=NN(CCO)C(=Nc3ccc(OC(F)(F)F)cc3)SC2)cc1. The van der Waals surface area contributed by atoms with E-state index in [9.17, 15) is 18.3 Å². The average molecular weight is 409 g/mol. The van der Waals surface area contributed by atoms with Crippen molar-refractivity contribution in [2.75, 3.05) is 18.9 Å². The van der Waals surface area contributed by atoms with Crippen LogP contribution in [0, 0.1) is 6.92 Å². The number of thioether (sulfide) groups is 1. The van der Waals surface area contributed by atoms with Gasteiger partial charge in [-0.05, 0) is 36.8 Å². The third kappa shape index (κ3) is 5.49. The summed E-state index contributed by atoms with van der Waals surface area (Å²) in [6, 6.07) is 13.3. The number of amidine groups is 1. The van der Waals surface area contributed by atoms with Crippen molar-refractivity contribution in [3.63, 3.8) is 0 Å². The van der Waals surface area contributed by atoms with Crippen LogP contribution in [0.1, 0.15) is 11.1 Å². The number of aryl methyl sites for hydroxylation is 1. The first kappa shape index (κ1) is 20.2. The summed E-state index contributed by atoms with van der Waals surface area (Å²) in [6.07, 6.45) is -4.73. The lowest BCUT2D eigenvalue weighted by atomic mass is 10.1. The van der Waals surface area contributed by atoms with Gasteiger partial charge in [-0.15, -0.1) is 13.2 Å². The van der Waals surface area contributed by atoms with Crippen LogP contribution in [0.3, 0.4) is 0 Å². The van der Waals surface area contributed by atoms with E-state index in [4.69, 9.17) is 0 Å². The van der Waals surface area contributed by atoms with Crippen molar-refractivity contribution in [2.45, 2.75) is 13.3 Å². The van der Waals surface area contributed by atoms with E-state index in [2.05, 4.69) is 14.8 Å². The normalized spacial score (nSPS) is 16.2. The summed E-state index contributed by atoms with van der Waals surface area (Å²) in [5.74, 6) is 0.290. The van der Waals surface area contributed by atoms with Gasteiger partial charge >= 0.3 is 6.36 Å². The van der Waals surface area contributed by atoms with Crippen molar-refractivity contribution in [3.8, 4) is 5.75 Å². The highest BCUT2D eigenvalue weighted by Crippen LogP contribution is 2.27. The summed E-state index contributed by atoms with van der Waals surface area (Å²) in [7, 11) is 0. The Hall–Kier alpha value is -2.52. The minimum atomic E-state index is -4.73. The molecule has 28 heavy (non-hydrogen) atoms. The molecule has 0 saturated carbocycles. The van der Waals surface area contributed by atoms with Gasteiger partial charge in [-0.2, -0.15) is 5.10 Å². The Kier molecular flexibility index (Phi) is 6.25. The van der Waals surface area contributed by atoms with Gasteiger partial charge in [0.15, 0.2) is 5.17 Å². The molecule has 1 aliphatic rings. The molecule has 2 aromatic rings. The summed E-state index contributed by atoms with van der Waals surface area (Å²) in [5, 5.41) is 16.1. The lowest BCUT2D eigenvalue weighted by molar-refractivity contribution is -0.274. The van der Waals surface area contributed by atoms with Crippen LogP contribution in [0.15, 0.2) is 58.6 Å². The Morgan fingerprint density at radius 2 is 1.82 bits per heavy atom. The highest BCUT2D eigenvalue weighted by Gasteiger charge is 2.31. The van der Waals surface area contributed by atoms with Crippen LogP contribution >= 0.6 is 11.8 Å². The van der Waals surface area contributed by atoms with Crippen molar-refractivity contribution in [1.29, 1.82) is 0 Å². The number of hydrazone groups is 1. The van der Waals surface area contributed by atoms with Gasteiger partial charge in [0.05, 0.1) is 24.6 Å². The quantitative estimate of drug-likeness (QED) is 0.799. The monoisotopic (exact) mass is 409 g/mol. The second-order valence-electron chi connectivity index (χ2n) is 5.98. The highest BCUT2D eigenvalue weighted by molar-refractivity contribution is 8.14. The zero-order valence-electron chi connectivity index (χ0n) is 15.0. The number of ether oxygens (including phenoxy) is 1. The first-order valence-corrected chi connectivity index (χ1v) is 9.43. The maximum Gasteiger partial charge on any atom is 0.573 e. The van der Waals surface area contributed by atoms with Crippen LogP contribution in [0.5, 0.6) is 5.75 Å². The molecule has 9 heteroatoms. The highest BCUT2D eigenvalue weighted by atomic mass is 32.2. The Morgan fingerprint density at radius 1 is 1.14 bits per heavy atom. The number of aliphatic hydroxyl groups excluding tert-OH is 1. The van der Waals surface area contributed by atoms with Crippen molar-refractivity contribution in [2.24, 2.45) is 10.1 Å². The number of rotatable bonds is 5. The second kappa shape index (κ2) is 8.66. The molecule has 0 radical (unpaired) electrons. The van der Waals surface area contributed by atoms with Gasteiger partial charge in [0.25, 0.3) is 0 Å². The van der Waals surface area contributed by atoms with E-state index in [0.717, 1.165) is 16.8 Å². The predicted molar refractivity (Wildman–Crippen MR) is 104 cm³/mol. The lowest BCUT2D eigenvalue weighted by Crippen LogP contribution is -2.33. The predicted octanol–water partition coefficient (Wildman–Crippen LogP) is 4.33. The molecule has 1 N–H and O–H groups in total. The largest absolute Gasteiger partial charge is 0.573 e. The van der Waals surface area contributed by atoms with Gasteiger partial charge in [0.2, 0.25) is 0 Å². The number of benzene rings is 2. The first-order chi connectivity index (χ1) is 13.3. The lowest BCUT2D eigenvalue weighted by Gasteiger charge is -2.25. The molecule has 2 aromatic carbocycles. The third-order valence-electron chi connectivity index (χ3n) is 3.79. The molecular formula is C19H18F3N3O2S. The number of β-amino-alcohol motifs (C(OH)–C–C–N with tert-alkyl or cyclic N) is 1. The molecule has 0 aromatic heterocycles. The van der Waals surface area contributed by atoms with E-state index in [-0.39, 0.29) is 18.9 Å². The molecular weight excluding hydrogens is 391 g/mol. The topological polar surface area (TPSA) is 57.4 Å². The molecule has 148 valence electrons. The summed E-state index contributed by atoms with van der Waals surface area (Å²) in [4.78, 5) is 4.45. The number of hydrogen-bond acceptors (Lipinski definition) is 5. The van der Waals surface area contributed by atoms with Crippen LogP contribution in [0.25, 0.3) is 0 Å².